The van der Waals surface area contributed by atoms with Crippen LogP contribution in [0.2, 0.25) is 0 Å². The maximum atomic E-state index is 12.4. The van der Waals surface area contributed by atoms with Gasteiger partial charge in [0.05, 0.1) is 17.8 Å². The zero-order valence-electron chi connectivity index (χ0n) is 12.8. The van der Waals surface area contributed by atoms with E-state index in [0.29, 0.717) is 13.1 Å². The molecule has 0 saturated carbocycles. The van der Waals surface area contributed by atoms with Crippen molar-refractivity contribution in [2.75, 3.05) is 25.0 Å². The molecule has 1 fully saturated rings. The molecule has 0 aliphatic carbocycles. The van der Waals surface area contributed by atoms with Gasteiger partial charge in [-0.2, -0.15) is 5.10 Å². The summed E-state index contributed by atoms with van der Waals surface area (Å²) in [7, 11) is 0. The van der Waals surface area contributed by atoms with E-state index in [1.807, 2.05) is 25.1 Å². The topological polar surface area (TPSA) is 70.2 Å². The molecule has 1 aliphatic heterocycles. The van der Waals surface area contributed by atoms with E-state index in [2.05, 4.69) is 15.5 Å². The van der Waals surface area contributed by atoms with Gasteiger partial charge in [0.1, 0.15) is 0 Å². The van der Waals surface area contributed by atoms with E-state index in [-0.39, 0.29) is 12.1 Å². The summed E-state index contributed by atoms with van der Waals surface area (Å²) in [6, 6.07) is 5.63. The number of amides is 2. The lowest BCUT2D eigenvalue weighted by Gasteiger charge is -2.29. The van der Waals surface area contributed by atoms with E-state index >= 15 is 0 Å². The molecule has 2 heterocycles. The second-order valence-electron chi connectivity index (χ2n) is 5.63. The summed E-state index contributed by atoms with van der Waals surface area (Å²) in [5, 5.41) is 10.8. The van der Waals surface area contributed by atoms with Gasteiger partial charge in [-0.25, -0.2) is 4.79 Å². The molecule has 1 atom stereocenters. The number of aromatic amines is 1. The Labute approximate surface area is 129 Å². The first-order valence-corrected chi connectivity index (χ1v) is 7.87. The Hall–Kier alpha value is -2.08. The van der Waals surface area contributed by atoms with E-state index in [9.17, 15) is 4.79 Å². The van der Waals surface area contributed by atoms with Gasteiger partial charge in [0.25, 0.3) is 0 Å². The summed E-state index contributed by atoms with van der Waals surface area (Å²) >= 11 is 0. The molecule has 6 heteroatoms. The Bertz CT molecular complexity index is 634. The molecule has 0 radical (unpaired) electrons. The van der Waals surface area contributed by atoms with E-state index in [1.165, 1.54) is 6.42 Å². The van der Waals surface area contributed by atoms with Crippen molar-refractivity contribution < 1.29 is 9.53 Å². The fourth-order valence-corrected chi connectivity index (χ4v) is 2.78. The molecule has 6 nitrogen and oxygen atoms in total. The highest BCUT2D eigenvalue weighted by Gasteiger charge is 2.20. The quantitative estimate of drug-likeness (QED) is 0.912. The molecular formula is C16H22N4O2. The first kappa shape index (κ1) is 14.8. The summed E-state index contributed by atoms with van der Waals surface area (Å²) in [5.41, 5.74) is 1.74. The molecule has 1 unspecified atom stereocenters. The van der Waals surface area contributed by atoms with Crippen molar-refractivity contribution in [3.8, 4) is 0 Å². The standard InChI is InChI=1S/C16H22N4O2/c1-2-20(11-14-5-3-4-8-22-14)16(21)18-13-6-7-15-12(9-13)10-17-19-15/h6-7,9-10,14H,2-5,8,11H2,1H3,(H,17,19)(H,18,21). The molecule has 22 heavy (non-hydrogen) atoms. The van der Waals surface area contributed by atoms with E-state index in [4.69, 9.17) is 4.74 Å². The van der Waals surface area contributed by atoms with Crippen LogP contribution in [0.25, 0.3) is 10.9 Å². The van der Waals surface area contributed by atoms with E-state index < -0.39 is 0 Å². The van der Waals surface area contributed by atoms with E-state index in [0.717, 1.165) is 36.0 Å². The molecule has 0 bridgehead atoms. The minimum Gasteiger partial charge on any atom is -0.376 e. The predicted molar refractivity (Wildman–Crippen MR) is 86.0 cm³/mol. The van der Waals surface area contributed by atoms with Crippen LogP contribution in [0.5, 0.6) is 0 Å². The number of carbonyl (C=O) groups excluding carboxylic acids is 1. The largest absolute Gasteiger partial charge is 0.376 e. The molecule has 2 aromatic rings. The molecule has 0 spiro atoms. The Morgan fingerprint density at radius 2 is 2.41 bits per heavy atom. The number of urea groups is 1. The van der Waals surface area contributed by atoms with Crippen molar-refractivity contribution in [3.05, 3.63) is 24.4 Å². The molecule has 118 valence electrons. The van der Waals surface area contributed by atoms with Crippen molar-refractivity contribution in [1.29, 1.82) is 0 Å². The molecule has 2 amide bonds. The van der Waals surface area contributed by atoms with Crippen LogP contribution in [0.15, 0.2) is 24.4 Å². The average molecular weight is 302 g/mol. The number of rotatable bonds is 4. The minimum atomic E-state index is -0.0838. The molecule has 1 aromatic heterocycles. The number of likely N-dealkylation sites (N-methyl/N-ethyl adjacent to an activating group) is 1. The maximum Gasteiger partial charge on any atom is 0.321 e. The number of anilines is 1. The van der Waals surface area contributed by atoms with Crippen LogP contribution >= 0.6 is 0 Å². The summed E-state index contributed by atoms with van der Waals surface area (Å²) < 4.78 is 5.72. The second kappa shape index (κ2) is 6.79. The Morgan fingerprint density at radius 1 is 1.50 bits per heavy atom. The number of ether oxygens (including phenoxy) is 1. The third-order valence-electron chi connectivity index (χ3n) is 4.06. The second-order valence-corrected chi connectivity index (χ2v) is 5.63. The van der Waals surface area contributed by atoms with Gasteiger partial charge >= 0.3 is 6.03 Å². The zero-order valence-corrected chi connectivity index (χ0v) is 12.8. The average Bonchev–Trinajstić information content (AvgIpc) is 3.01. The molecular weight excluding hydrogens is 280 g/mol. The smallest absolute Gasteiger partial charge is 0.321 e. The van der Waals surface area contributed by atoms with Gasteiger partial charge in [0.2, 0.25) is 0 Å². The van der Waals surface area contributed by atoms with Crippen molar-refractivity contribution in [2.45, 2.75) is 32.3 Å². The van der Waals surface area contributed by atoms with Crippen LogP contribution < -0.4 is 5.32 Å². The Kier molecular flexibility index (Phi) is 4.58. The van der Waals surface area contributed by atoms with Gasteiger partial charge in [-0.15, -0.1) is 0 Å². The summed E-state index contributed by atoms with van der Waals surface area (Å²) in [5.74, 6) is 0. The summed E-state index contributed by atoms with van der Waals surface area (Å²) in [6.45, 7) is 4.11. The fraction of sp³-hybridized carbons (Fsp3) is 0.500. The number of aromatic nitrogens is 2. The highest BCUT2D eigenvalue weighted by atomic mass is 16.5. The lowest BCUT2D eigenvalue weighted by Crippen LogP contribution is -2.41. The number of fused-ring (bicyclic) bond motifs is 1. The Balaban J connectivity index is 1.62. The number of H-pyrrole nitrogens is 1. The van der Waals surface area contributed by atoms with Crippen LogP contribution in [-0.2, 0) is 4.74 Å². The third-order valence-corrected chi connectivity index (χ3v) is 4.06. The first-order valence-electron chi connectivity index (χ1n) is 7.87. The van der Waals surface area contributed by atoms with Gasteiger partial charge in [-0.3, -0.25) is 5.10 Å². The first-order chi connectivity index (χ1) is 10.8. The Morgan fingerprint density at radius 3 is 3.18 bits per heavy atom. The molecule has 3 rings (SSSR count). The SMILES string of the molecule is CCN(CC1CCCCO1)C(=O)Nc1ccc2[nH]ncc2c1. The lowest BCUT2D eigenvalue weighted by atomic mass is 10.1. The van der Waals surface area contributed by atoms with Crippen molar-refractivity contribution >= 4 is 22.6 Å². The van der Waals surface area contributed by atoms with Gasteiger partial charge in [0.15, 0.2) is 0 Å². The number of nitrogens with one attached hydrogen (secondary N) is 2. The van der Waals surface area contributed by atoms with Gasteiger partial charge in [0, 0.05) is 30.8 Å². The maximum absolute atomic E-state index is 12.4. The van der Waals surface area contributed by atoms with Gasteiger partial charge in [-0.1, -0.05) is 0 Å². The van der Waals surface area contributed by atoms with Crippen LogP contribution in [0.1, 0.15) is 26.2 Å². The van der Waals surface area contributed by atoms with Crippen molar-refractivity contribution in [3.63, 3.8) is 0 Å². The van der Waals surface area contributed by atoms with Crippen LogP contribution in [0.4, 0.5) is 10.5 Å². The van der Waals surface area contributed by atoms with Crippen LogP contribution in [0, 0.1) is 0 Å². The number of benzene rings is 1. The zero-order chi connectivity index (χ0) is 15.4. The lowest BCUT2D eigenvalue weighted by molar-refractivity contribution is 0.00221. The highest BCUT2D eigenvalue weighted by Crippen LogP contribution is 2.18. The predicted octanol–water partition coefficient (Wildman–Crippen LogP) is 2.99. The number of carbonyl (C=O) groups is 1. The monoisotopic (exact) mass is 302 g/mol. The van der Waals surface area contributed by atoms with Crippen LogP contribution in [-0.4, -0.2) is 46.9 Å². The van der Waals surface area contributed by atoms with Gasteiger partial charge in [-0.05, 0) is 44.4 Å². The highest BCUT2D eigenvalue weighted by molar-refractivity contribution is 5.92. The normalized spacial score (nSPS) is 18.3. The summed E-state index contributed by atoms with van der Waals surface area (Å²) in [6.07, 6.45) is 5.25. The van der Waals surface area contributed by atoms with Crippen LogP contribution in [0.3, 0.4) is 0 Å². The minimum absolute atomic E-state index is 0.0838. The molecule has 1 saturated heterocycles. The fourth-order valence-electron chi connectivity index (χ4n) is 2.78. The van der Waals surface area contributed by atoms with Crippen molar-refractivity contribution in [1.82, 2.24) is 15.1 Å². The molecule has 1 aromatic carbocycles. The van der Waals surface area contributed by atoms with Crippen molar-refractivity contribution in [2.24, 2.45) is 0 Å². The number of hydrogen-bond acceptors (Lipinski definition) is 3. The van der Waals surface area contributed by atoms with E-state index in [1.54, 1.807) is 11.1 Å². The molecule has 2 N–H and O–H groups in total. The summed E-state index contributed by atoms with van der Waals surface area (Å²) in [4.78, 5) is 14.2. The molecule has 1 aliphatic rings. The number of hydrogen-bond donors (Lipinski definition) is 2. The third kappa shape index (κ3) is 3.39. The van der Waals surface area contributed by atoms with Gasteiger partial charge < -0.3 is 15.0 Å². The number of nitrogens with zero attached hydrogens (tertiary/aromatic N) is 2.